The molecule has 0 aromatic carbocycles. The van der Waals surface area contributed by atoms with Crippen molar-refractivity contribution in [1.29, 1.82) is 0 Å². The Hall–Kier alpha value is -2.33. The Kier molecular flexibility index (Phi) is 7.66. The van der Waals surface area contributed by atoms with Crippen LogP contribution in [0.15, 0.2) is 36.0 Å². The van der Waals surface area contributed by atoms with E-state index in [-0.39, 0.29) is 6.61 Å². The fraction of sp³-hybridized carbons (Fsp3) is 0.690. The van der Waals surface area contributed by atoms with Gasteiger partial charge in [0.25, 0.3) is 0 Å². The van der Waals surface area contributed by atoms with Crippen LogP contribution in [0.5, 0.6) is 0 Å². The predicted molar refractivity (Wildman–Crippen MR) is 146 cm³/mol. The largest absolute Gasteiger partial charge is 0.394 e. The summed E-state index contributed by atoms with van der Waals surface area (Å²) in [5.74, 6) is 1.31. The van der Waals surface area contributed by atoms with Gasteiger partial charge >= 0.3 is 0 Å². The number of anilines is 1. The number of hydrogen-bond donors (Lipinski definition) is 4. The van der Waals surface area contributed by atoms with E-state index in [2.05, 4.69) is 60.1 Å². The Morgan fingerprint density at radius 3 is 2.76 bits per heavy atom. The lowest BCUT2D eigenvalue weighted by Gasteiger charge is -2.50. The molecular formula is C29H43N5O4. The minimum Gasteiger partial charge on any atom is -0.394 e. The van der Waals surface area contributed by atoms with E-state index >= 15 is 0 Å². The molecule has 3 heterocycles. The zero-order valence-corrected chi connectivity index (χ0v) is 23.1. The summed E-state index contributed by atoms with van der Waals surface area (Å²) in [6.07, 6.45) is 12.4. The zero-order chi connectivity index (χ0) is 27.1. The van der Waals surface area contributed by atoms with Gasteiger partial charge in [0.1, 0.15) is 24.6 Å². The molecule has 3 aliphatic rings. The lowest BCUT2D eigenvalue weighted by Crippen LogP contribution is -2.39. The minimum atomic E-state index is -1.20. The van der Waals surface area contributed by atoms with E-state index in [1.165, 1.54) is 56.8 Å². The van der Waals surface area contributed by atoms with E-state index in [0.29, 0.717) is 40.3 Å². The molecule has 2 unspecified atom stereocenters. The minimum absolute atomic E-state index is 0.345. The smallest absolute Gasteiger partial charge is 0.167 e. The van der Waals surface area contributed by atoms with Crippen molar-refractivity contribution in [2.75, 3.05) is 18.5 Å². The molecule has 9 nitrogen and oxygen atoms in total. The molecule has 5 rings (SSSR count). The van der Waals surface area contributed by atoms with Gasteiger partial charge in [0.05, 0.1) is 12.9 Å². The van der Waals surface area contributed by atoms with Gasteiger partial charge in [-0.1, -0.05) is 50.5 Å². The van der Waals surface area contributed by atoms with Gasteiger partial charge < -0.3 is 25.4 Å². The van der Waals surface area contributed by atoms with Crippen molar-refractivity contribution in [2.24, 2.45) is 16.7 Å². The Morgan fingerprint density at radius 1 is 1.18 bits per heavy atom. The number of imidazole rings is 1. The number of allylic oxidation sites excluding steroid dienone is 3. The molecule has 2 aromatic rings. The molecule has 2 aliphatic carbocycles. The maximum absolute atomic E-state index is 10.4. The highest BCUT2D eigenvalue weighted by Gasteiger charge is 2.45. The number of nitrogens with one attached hydrogen (secondary N) is 1. The summed E-state index contributed by atoms with van der Waals surface area (Å²) in [6.45, 7) is 9.82. The van der Waals surface area contributed by atoms with Gasteiger partial charge in [0.2, 0.25) is 0 Å². The van der Waals surface area contributed by atoms with Gasteiger partial charge in [-0.3, -0.25) is 4.57 Å². The number of nitrogens with zero attached hydrogens (tertiary/aromatic N) is 4. The van der Waals surface area contributed by atoms with Crippen molar-refractivity contribution in [3.8, 4) is 0 Å². The van der Waals surface area contributed by atoms with Crippen molar-refractivity contribution in [3.05, 3.63) is 36.0 Å². The average Bonchev–Trinajstić information content (AvgIpc) is 3.44. The molecule has 9 heteroatoms. The van der Waals surface area contributed by atoms with E-state index in [4.69, 9.17) is 4.74 Å². The van der Waals surface area contributed by atoms with Crippen molar-refractivity contribution in [2.45, 2.75) is 97.2 Å². The first kappa shape index (κ1) is 27.2. The lowest BCUT2D eigenvalue weighted by molar-refractivity contribution is -0.0511. The van der Waals surface area contributed by atoms with E-state index in [1.54, 1.807) is 10.1 Å². The maximum Gasteiger partial charge on any atom is 0.167 e. The van der Waals surface area contributed by atoms with Crippen molar-refractivity contribution in [3.63, 3.8) is 0 Å². The van der Waals surface area contributed by atoms with E-state index in [1.807, 2.05) is 0 Å². The van der Waals surface area contributed by atoms with Crippen LogP contribution in [-0.4, -0.2) is 66.3 Å². The molecule has 2 fully saturated rings. The van der Waals surface area contributed by atoms with E-state index in [0.717, 1.165) is 6.42 Å². The number of rotatable bonds is 8. The Morgan fingerprint density at radius 2 is 2.00 bits per heavy atom. The van der Waals surface area contributed by atoms with Gasteiger partial charge in [-0.15, -0.1) is 0 Å². The lowest BCUT2D eigenvalue weighted by atomic mass is 9.55. The van der Waals surface area contributed by atoms with E-state index in [9.17, 15) is 15.3 Å². The molecule has 1 aliphatic heterocycles. The van der Waals surface area contributed by atoms with Gasteiger partial charge in [-0.25, -0.2) is 15.0 Å². The van der Waals surface area contributed by atoms with Crippen LogP contribution < -0.4 is 5.32 Å². The summed E-state index contributed by atoms with van der Waals surface area (Å²) in [7, 11) is 0. The van der Waals surface area contributed by atoms with Gasteiger partial charge in [-0.2, -0.15) is 0 Å². The summed E-state index contributed by atoms with van der Waals surface area (Å²) in [5, 5.41) is 33.3. The highest BCUT2D eigenvalue weighted by atomic mass is 16.6. The number of aliphatic hydroxyl groups excluding tert-OH is 3. The van der Waals surface area contributed by atoms with Crippen LogP contribution >= 0.6 is 0 Å². The molecular weight excluding hydrogens is 482 g/mol. The molecule has 0 radical (unpaired) electrons. The summed E-state index contributed by atoms with van der Waals surface area (Å²) in [4.78, 5) is 13.1. The summed E-state index contributed by atoms with van der Waals surface area (Å²) < 4.78 is 7.22. The number of fused-ring (bicyclic) bond motifs is 2. The van der Waals surface area contributed by atoms with Crippen LogP contribution in [0.2, 0.25) is 0 Å². The quantitative estimate of drug-likeness (QED) is 0.379. The molecule has 6 atom stereocenters. The Bertz CT molecular complexity index is 1210. The number of ether oxygens (including phenoxy) is 1. The summed E-state index contributed by atoms with van der Waals surface area (Å²) in [5.41, 5.74) is 4.84. The standard InChI is InChI=1S/C29H43N5O4/c1-18(9-13-29(4)12-6-7-19-20(29)8-5-11-28(19,2)3)10-14-30-25-22-26(32-16-31-25)34(17-33-22)27-24(37)23(36)21(15-35)38-27/h7,10,16-17,20-21,23-24,27,35-37H,5-6,8-9,11-15H2,1-4H3,(H,30,31,32)/b18-10+/t20-,21-,23?,24+,27-,29?/m1/s1. The number of aliphatic hydroxyl groups is 3. The molecule has 2 aromatic heterocycles. The van der Waals surface area contributed by atoms with Crippen molar-refractivity contribution < 1.29 is 20.1 Å². The average molecular weight is 526 g/mol. The highest BCUT2D eigenvalue weighted by Crippen LogP contribution is 2.56. The second-order valence-electron chi connectivity index (χ2n) is 12.4. The van der Waals surface area contributed by atoms with Crippen molar-refractivity contribution >= 4 is 17.0 Å². The topological polar surface area (TPSA) is 126 Å². The van der Waals surface area contributed by atoms with Crippen LogP contribution in [0, 0.1) is 16.7 Å². The summed E-state index contributed by atoms with van der Waals surface area (Å²) in [6, 6.07) is 0. The second kappa shape index (κ2) is 10.7. The van der Waals surface area contributed by atoms with E-state index < -0.39 is 24.5 Å². The molecule has 38 heavy (non-hydrogen) atoms. The number of hydrogen-bond acceptors (Lipinski definition) is 8. The van der Waals surface area contributed by atoms with Crippen molar-refractivity contribution in [1.82, 2.24) is 19.5 Å². The van der Waals surface area contributed by atoms with Gasteiger partial charge in [0.15, 0.2) is 23.2 Å². The second-order valence-corrected chi connectivity index (χ2v) is 12.4. The monoisotopic (exact) mass is 525 g/mol. The van der Waals surface area contributed by atoms with Crippen LogP contribution in [0.1, 0.15) is 78.9 Å². The molecule has 1 saturated heterocycles. The van der Waals surface area contributed by atoms with Gasteiger partial charge in [0, 0.05) is 6.54 Å². The fourth-order valence-electron chi connectivity index (χ4n) is 6.88. The third kappa shape index (κ3) is 5.01. The SMILES string of the molecule is C/C(=C\CNc1ncnc2c1ncn2[C@@H]1O[C@H](CO)C(O)[C@@H]1O)CCC1(C)CCC=C2[C@H]1CCCC2(C)C. The highest BCUT2D eigenvalue weighted by molar-refractivity contribution is 5.82. The molecule has 0 amide bonds. The zero-order valence-electron chi connectivity index (χ0n) is 23.1. The first-order valence-electron chi connectivity index (χ1n) is 14.0. The molecule has 0 bridgehead atoms. The molecule has 1 saturated carbocycles. The van der Waals surface area contributed by atoms with Crippen LogP contribution in [0.4, 0.5) is 5.82 Å². The molecule has 4 N–H and O–H groups in total. The number of aromatic nitrogens is 4. The Labute approximate surface area is 225 Å². The normalized spacial score (nSPS) is 33.3. The van der Waals surface area contributed by atoms with Crippen LogP contribution in [0.3, 0.4) is 0 Å². The Balaban J connectivity index is 1.21. The first-order valence-corrected chi connectivity index (χ1v) is 14.0. The van der Waals surface area contributed by atoms with Gasteiger partial charge in [-0.05, 0) is 62.2 Å². The predicted octanol–water partition coefficient (Wildman–Crippen LogP) is 4.13. The fourth-order valence-corrected chi connectivity index (χ4v) is 6.88. The van der Waals surface area contributed by atoms with Crippen LogP contribution in [0.25, 0.3) is 11.2 Å². The van der Waals surface area contributed by atoms with Crippen LogP contribution in [-0.2, 0) is 4.74 Å². The third-order valence-corrected chi connectivity index (χ3v) is 9.33. The molecule has 208 valence electrons. The maximum atomic E-state index is 10.4. The third-order valence-electron chi connectivity index (χ3n) is 9.33. The summed E-state index contributed by atoms with van der Waals surface area (Å²) >= 11 is 0. The first-order chi connectivity index (χ1) is 18.1. The molecule has 0 spiro atoms.